The van der Waals surface area contributed by atoms with Crippen LogP contribution in [0, 0.1) is 6.92 Å². The molecule has 138 valence electrons. The quantitative estimate of drug-likeness (QED) is 0.546. The first-order chi connectivity index (χ1) is 13.1. The number of hydrogen-bond acceptors (Lipinski definition) is 4. The zero-order valence-electron chi connectivity index (χ0n) is 15.8. The molecule has 6 heteroatoms. The smallest absolute Gasteiger partial charge is 0.277 e. The summed E-state index contributed by atoms with van der Waals surface area (Å²) in [5.41, 5.74) is 3.78. The molecule has 4 rings (SSSR count). The van der Waals surface area contributed by atoms with E-state index >= 15 is 0 Å². The molecule has 0 amide bonds. The highest BCUT2D eigenvalue weighted by Crippen LogP contribution is 2.21. The van der Waals surface area contributed by atoms with Crippen LogP contribution in [0.4, 0.5) is 0 Å². The summed E-state index contributed by atoms with van der Waals surface area (Å²) in [6, 6.07) is 13.7. The Morgan fingerprint density at radius 1 is 1.04 bits per heavy atom. The van der Waals surface area contributed by atoms with Crippen molar-refractivity contribution in [2.45, 2.75) is 33.7 Å². The number of imidazole rings is 1. The number of aromatic nitrogens is 4. The lowest BCUT2D eigenvalue weighted by Gasteiger charge is -2.14. The highest BCUT2D eigenvalue weighted by atomic mass is 16.5. The molecule has 0 fully saturated rings. The highest BCUT2D eigenvalue weighted by Gasteiger charge is 2.19. The number of nitrogens with zero attached hydrogens (tertiary/aromatic N) is 4. The maximum absolute atomic E-state index is 13.4. The van der Waals surface area contributed by atoms with Gasteiger partial charge in [0.25, 0.3) is 5.56 Å². The second-order valence-corrected chi connectivity index (χ2v) is 6.45. The molecule has 0 aliphatic heterocycles. The SMILES string of the molecule is CCOc1ccc2c(n1)n1c(CC)nc(C)c1c(=O)n2Cc1ccccc1. The normalized spacial score (nSPS) is 11.4. The van der Waals surface area contributed by atoms with Gasteiger partial charge in [-0.1, -0.05) is 37.3 Å². The largest absolute Gasteiger partial charge is 0.478 e. The molecule has 0 radical (unpaired) electrons. The van der Waals surface area contributed by atoms with E-state index in [0.717, 1.165) is 22.6 Å². The van der Waals surface area contributed by atoms with E-state index in [0.29, 0.717) is 36.6 Å². The summed E-state index contributed by atoms with van der Waals surface area (Å²) in [7, 11) is 0. The van der Waals surface area contributed by atoms with Gasteiger partial charge in [-0.2, -0.15) is 4.98 Å². The van der Waals surface area contributed by atoms with Gasteiger partial charge in [0, 0.05) is 12.5 Å². The van der Waals surface area contributed by atoms with Crippen LogP contribution in [0.2, 0.25) is 0 Å². The zero-order chi connectivity index (χ0) is 19.0. The van der Waals surface area contributed by atoms with Crippen molar-refractivity contribution in [1.29, 1.82) is 0 Å². The third-order valence-corrected chi connectivity index (χ3v) is 4.69. The Balaban J connectivity index is 2.08. The van der Waals surface area contributed by atoms with Gasteiger partial charge in [0.05, 0.1) is 24.4 Å². The van der Waals surface area contributed by atoms with Crippen LogP contribution >= 0.6 is 0 Å². The minimum absolute atomic E-state index is 0.0537. The Bertz CT molecular complexity index is 1180. The van der Waals surface area contributed by atoms with Crippen molar-refractivity contribution in [3.05, 3.63) is 69.9 Å². The third-order valence-electron chi connectivity index (χ3n) is 4.69. The van der Waals surface area contributed by atoms with Crippen molar-refractivity contribution in [3.8, 4) is 5.88 Å². The average molecular weight is 362 g/mol. The number of hydrogen-bond donors (Lipinski definition) is 0. The molecule has 0 unspecified atom stereocenters. The van der Waals surface area contributed by atoms with Gasteiger partial charge < -0.3 is 4.74 Å². The van der Waals surface area contributed by atoms with E-state index in [9.17, 15) is 4.79 Å². The Kier molecular flexibility index (Phi) is 4.39. The first kappa shape index (κ1) is 17.3. The van der Waals surface area contributed by atoms with E-state index in [1.165, 1.54) is 0 Å². The summed E-state index contributed by atoms with van der Waals surface area (Å²) < 4.78 is 9.26. The minimum atomic E-state index is -0.0537. The van der Waals surface area contributed by atoms with Crippen molar-refractivity contribution in [2.75, 3.05) is 6.61 Å². The summed E-state index contributed by atoms with van der Waals surface area (Å²) in [6.45, 7) is 6.85. The first-order valence-corrected chi connectivity index (χ1v) is 9.22. The molecular formula is C21H22N4O2. The van der Waals surface area contributed by atoms with E-state index in [1.807, 2.05) is 67.6 Å². The Hall–Kier alpha value is -3.15. The van der Waals surface area contributed by atoms with Gasteiger partial charge in [-0.05, 0) is 25.5 Å². The van der Waals surface area contributed by atoms with E-state index in [1.54, 1.807) is 4.57 Å². The lowest BCUT2D eigenvalue weighted by atomic mass is 10.2. The van der Waals surface area contributed by atoms with E-state index in [-0.39, 0.29) is 5.56 Å². The lowest BCUT2D eigenvalue weighted by molar-refractivity contribution is 0.328. The van der Waals surface area contributed by atoms with Crippen LogP contribution in [-0.2, 0) is 13.0 Å². The third kappa shape index (κ3) is 2.87. The van der Waals surface area contributed by atoms with Crippen LogP contribution in [0.5, 0.6) is 5.88 Å². The lowest BCUT2D eigenvalue weighted by Crippen LogP contribution is -2.24. The van der Waals surface area contributed by atoms with Gasteiger partial charge in [-0.25, -0.2) is 4.98 Å². The maximum Gasteiger partial charge on any atom is 0.277 e. The number of benzene rings is 1. The summed E-state index contributed by atoms with van der Waals surface area (Å²) in [6.07, 6.45) is 0.715. The molecule has 0 bridgehead atoms. The van der Waals surface area contributed by atoms with Gasteiger partial charge >= 0.3 is 0 Å². The predicted molar refractivity (Wildman–Crippen MR) is 106 cm³/mol. The summed E-state index contributed by atoms with van der Waals surface area (Å²) in [5, 5.41) is 0. The topological polar surface area (TPSA) is 61.4 Å². The van der Waals surface area contributed by atoms with E-state index in [4.69, 9.17) is 9.72 Å². The van der Waals surface area contributed by atoms with Crippen molar-refractivity contribution in [2.24, 2.45) is 0 Å². The van der Waals surface area contributed by atoms with Crippen LogP contribution in [0.3, 0.4) is 0 Å². The van der Waals surface area contributed by atoms with Crippen molar-refractivity contribution in [3.63, 3.8) is 0 Å². The molecule has 27 heavy (non-hydrogen) atoms. The number of fused-ring (bicyclic) bond motifs is 3. The Morgan fingerprint density at radius 2 is 1.81 bits per heavy atom. The predicted octanol–water partition coefficient (Wildman–Crippen LogP) is 3.36. The summed E-state index contributed by atoms with van der Waals surface area (Å²) >= 11 is 0. The van der Waals surface area contributed by atoms with E-state index < -0.39 is 0 Å². The van der Waals surface area contributed by atoms with Gasteiger partial charge in [0.15, 0.2) is 5.65 Å². The molecule has 0 N–H and O–H groups in total. The van der Waals surface area contributed by atoms with Gasteiger partial charge in [0.2, 0.25) is 5.88 Å². The van der Waals surface area contributed by atoms with Crippen LogP contribution in [-0.4, -0.2) is 25.5 Å². The first-order valence-electron chi connectivity index (χ1n) is 9.22. The molecule has 6 nitrogen and oxygen atoms in total. The van der Waals surface area contributed by atoms with Crippen LogP contribution in [0.1, 0.15) is 30.9 Å². The number of rotatable bonds is 5. The highest BCUT2D eigenvalue weighted by molar-refractivity contribution is 5.77. The van der Waals surface area contributed by atoms with E-state index in [2.05, 4.69) is 4.98 Å². The second-order valence-electron chi connectivity index (χ2n) is 6.45. The molecule has 3 aromatic heterocycles. The molecule has 0 aliphatic carbocycles. The molecule has 0 saturated heterocycles. The fraction of sp³-hybridized carbons (Fsp3) is 0.286. The summed E-state index contributed by atoms with van der Waals surface area (Å²) in [5.74, 6) is 1.38. The fourth-order valence-corrected chi connectivity index (χ4v) is 3.49. The maximum atomic E-state index is 13.4. The van der Waals surface area contributed by atoms with Crippen molar-refractivity contribution in [1.82, 2.24) is 18.9 Å². The number of pyridine rings is 1. The summed E-state index contributed by atoms with van der Waals surface area (Å²) in [4.78, 5) is 22.7. The van der Waals surface area contributed by atoms with Crippen molar-refractivity contribution < 1.29 is 4.74 Å². The molecule has 0 saturated carbocycles. The van der Waals surface area contributed by atoms with Crippen LogP contribution in [0.15, 0.2) is 47.3 Å². The number of ether oxygens (including phenoxy) is 1. The van der Waals surface area contributed by atoms with Gasteiger partial charge in [0.1, 0.15) is 11.3 Å². The van der Waals surface area contributed by atoms with Crippen molar-refractivity contribution >= 4 is 16.7 Å². The molecule has 1 aromatic carbocycles. The number of aryl methyl sites for hydroxylation is 2. The monoisotopic (exact) mass is 362 g/mol. The standard InChI is InChI=1S/C21H22N4O2/c1-4-17-22-14(3)19-21(26)24(13-15-9-7-6-8-10-15)16-11-12-18(27-5-2)23-20(16)25(17)19/h6-12H,4-5,13H2,1-3H3. The molecule has 0 aliphatic rings. The molecule has 0 spiro atoms. The molecule has 0 atom stereocenters. The van der Waals surface area contributed by atoms with Crippen LogP contribution < -0.4 is 10.3 Å². The van der Waals surface area contributed by atoms with Gasteiger partial charge in [-0.3, -0.25) is 13.8 Å². The molecule has 3 heterocycles. The average Bonchev–Trinajstić information content (AvgIpc) is 3.03. The Labute approximate surface area is 157 Å². The fourth-order valence-electron chi connectivity index (χ4n) is 3.49. The Morgan fingerprint density at radius 3 is 2.52 bits per heavy atom. The second kappa shape index (κ2) is 6.87. The van der Waals surface area contributed by atoms with Crippen LogP contribution in [0.25, 0.3) is 16.7 Å². The van der Waals surface area contributed by atoms with Gasteiger partial charge in [-0.15, -0.1) is 0 Å². The molecular weight excluding hydrogens is 340 g/mol. The minimum Gasteiger partial charge on any atom is -0.478 e. The molecule has 4 aromatic rings. The zero-order valence-corrected chi connectivity index (χ0v) is 15.8.